The number of cyclic esters (lactones) is 1. The van der Waals surface area contributed by atoms with E-state index in [-0.39, 0.29) is 0 Å². The van der Waals surface area contributed by atoms with Crippen LogP contribution in [0, 0.1) is 0 Å². The van der Waals surface area contributed by atoms with Gasteiger partial charge in [0.1, 0.15) is 5.60 Å². The Bertz CT molecular complexity index is 982. The molecule has 4 rings (SSSR count). The maximum atomic E-state index is 13.3. The van der Waals surface area contributed by atoms with Gasteiger partial charge in [0.15, 0.2) is 0 Å². The molecule has 31 heavy (non-hydrogen) atoms. The molecule has 0 unspecified atom stereocenters. The standard InChI is InChI=1S/C25H28N2O4/c1-4-8-17-11-13-19(14-12-17)20-16-21(31-26-20)23(28)27-22(25(2,3)30-24(27)29)15-18-9-6-5-7-10-18/h5-7,9-14,21-22H,4,8,15-16H2,1-3H3/t21-,22-/m0/s1. The lowest BCUT2D eigenvalue weighted by Crippen LogP contribution is -2.49. The van der Waals surface area contributed by atoms with E-state index in [2.05, 4.69) is 24.2 Å². The van der Waals surface area contributed by atoms with Crippen LogP contribution in [0.1, 0.15) is 50.3 Å². The summed E-state index contributed by atoms with van der Waals surface area (Å²) in [4.78, 5) is 32.6. The van der Waals surface area contributed by atoms with Gasteiger partial charge in [-0.15, -0.1) is 0 Å². The van der Waals surface area contributed by atoms with Crippen LogP contribution in [0.25, 0.3) is 0 Å². The number of imide groups is 1. The van der Waals surface area contributed by atoms with Crippen LogP contribution in [0.5, 0.6) is 0 Å². The van der Waals surface area contributed by atoms with Crippen molar-refractivity contribution in [3.63, 3.8) is 0 Å². The Morgan fingerprint density at radius 3 is 2.48 bits per heavy atom. The summed E-state index contributed by atoms with van der Waals surface area (Å²) in [5, 5.41) is 4.14. The van der Waals surface area contributed by atoms with E-state index in [0.29, 0.717) is 18.6 Å². The predicted octanol–water partition coefficient (Wildman–Crippen LogP) is 4.50. The van der Waals surface area contributed by atoms with Crippen LogP contribution in [0.15, 0.2) is 59.8 Å². The zero-order valence-corrected chi connectivity index (χ0v) is 18.2. The fourth-order valence-electron chi connectivity index (χ4n) is 4.19. The molecule has 6 nitrogen and oxygen atoms in total. The number of nitrogens with zero attached hydrogens (tertiary/aromatic N) is 2. The van der Waals surface area contributed by atoms with Crippen molar-refractivity contribution in [2.75, 3.05) is 0 Å². The Morgan fingerprint density at radius 2 is 1.81 bits per heavy atom. The van der Waals surface area contributed by atoms with Crippen LogP contribution < -0.4 is 0 Å². The van der Waals surface area contributed by atoms with Gasteiger partial charge in [-0.3, -0.25) is 4.79 Å². The molecule has 0 N–H and O–H groups in total. The van der Waals surface area contributed by atoms with Gasteiger partial charge in [0.05, 0.1) is 11.8 Å². The van der Waals surface area contributed by atoms with E-state index in [1.165, 1.54) is 10.5 Å². The summed E-state index contributed by atoms with van der Waals surface area (Å²) in [7, 11) is 0. The fraction of sp³-hybridized carbons (Fsp3) is 0.400. The average Bonchev–Trinajstić information content (AvgIpc) is 3.32. The number of carbonyl (C=O) groups excluding carboxylic acids is 2. The molecule has 2 aliphatic rings. The van der Waals surface area contributed by atoms with Gasteiger partial charge in [0.25, 0.3) is 5.91 Å². The third kappa shape index (κ3) is 4.33. The summed E-state index contributed by atoms with van der Waals surface area (Å²) in [5.74, 6) is -0.405. The molecule has 0 aromatic heterocycles. The molecule has 2 aromatic carbocycles. The highest BCUT2D eigenvalue weighted by atomic mass is 16.6. The lowest BCUT2D eigenvalue weighted by Gasteiger charge is -2.28. The second-order valence-corrected chi connectivity index (χ2v) is 8.67. The predicted molar refractivity (Wildman–Crippen MR) is 118 cm³/mol. The van der Waals surface area contributed by atoms with Crippen LogP contribution in [-0.2, 0) is 27.2 Å². The highest BCUT2D eigenvalue weighted by Gasteiger charge is 2.52. The average molecular weight is 421 g/mol. The summed E-state index contributed by atoms with van der Waals surface area (Å²) >= 11 is 0. The molecule has 2 heterocycles. The first-order valence-electron chi connectivity index (χ1n) is 10.8. The summed E-state index contributed by atoms with van der Waals surface area (Å²) < 4.78 is 5.55. The summed E-state index contributed by atoms with van der Waals surface area (Å²) in [6.07, 6.45) is 1.51. The van der Waals surface area contributed by atoms with Gasteiger partial charge in [0.2, 0.25) is 6.10 Å². The number of carbonyl (C=O) groups is 2. The summed E-state index contributed by atoms with van der Waals surface area (Å²) in [6, 6.07) is 17.5. The van der Waals surface area contributed by atoms with Crippen molar-refractivity contribution in [2.45, 2.75) is 64.2 Å². The van der Waals surface area contributed by atoms with E-state index >= 15 is 0 Å². The van der Waals surface area contributed by atoms with Crippen LogP contribution in [0.4, 0.5) is 4.79 Å². The number of benzene rings is 2. The topological polar surface area (TPSA) is 68.2 Å². The van der Waals surface area contributed by atoms with E-state index in [4.69, 9.17) is 9.57 Å². The number of hydrogen-bond acceptors (Lipinski definition) is 5. The van der Waals surface area contributed by atoms with Crippen molar-refractivity contribution in [3.8, 4) is 0 Å². The molecule has 6 heteroatoms. The second kappa shape index (κ2) is 8.53. The monoisotopic (exact) mass is 420 g/mol. The maximum absolute atomic E-state index is 13.3. The van der Waals surface area contributed by atoms with Crippen LogP contribution in [0.2, 0.25) is 0 Å². The van der Waals surface area contributed by atoms with E-state index in [0.717, 1.165) is 24.0 Å². The minimum atomic E-state index is -0.829. The van der Waals surface area contributed by atoms with E-state index in [9.17, 15) is 9.59 Å². The van der Waals surface area contributed by atoms with E-state index < -0.39 is 29.7 Å². The lowest BCUT2D eigenvalue weighted by atomic mass is 9.91. The molecule has 162 valence electrons. The van der Waals surface area contributed by atoms with Crippen molar-refractivity contribution in [2.24, 2.45) is 5.16 Å². The first kappa shape index (κ1) is 21.1. The van der Waals surface area contributed by atoms with Gasteiger partial charge in [-0.05, 0) is 43.4 Å². The molecule has 2 aliphatic heterocycles. The van der Waals surface area contributed by atoms with Crippen LogP contribution in [-0.4, -0.2) is 40.4 Å². The van der Waals surface area contributed by atoms with E-state index in [1.807, 2.05) is 56.3 Å². The first-order chi connectivity index (χ1) is 14.9. The lowest BCUT2D eigenvalue weighted by molar-refractivity contribution is -0.140. The van der Waals surface area contributed by atoms with Crippen LogP contribution >= 0.6 is 0 Å². The molecule has 0 bridgehead atoms. The highest BCUT2D eigenvalue weighted by Crippen LogP contribution is 2.33. The third-order valence-corrected chi connectivity index (χ3v) is 5.94. The normalized spacial score (nSPS) is 22.1. The van der Waals surface area contributed by atoms with Gasteiger partial charge < -0.3 is 9.57 Å². The van der Waals surface area contributed by atoms with E-state index in [1.54, 1.807) is 0 Å². The Hall–Kier alpha value is -3.15. The first-order valence-corrected chi connectivity index (χ1v) is 10.8. The number of ether oxygens (including phenoxy) is 1. The largest absolute Gasteiger partial charge is 0.441 e. The number of rotatable bonds is 6. The van der Waals surface area contributed by atoms with Crippen LogP contribution in [0.3, 0.4) is 0 Å². The van der Waals surface area contributed by atoms with Crippen molar-refractivity contribution in [1.82, 2.24) is 4.90 Å². The minimum absolute atomic E-state index is 0.328. The zero-order valence-electron chi connectivity index (χ0n) is 18.2. The fourth-order valence-corrected chi connectivity index (χ4v) is 4.19. The zero-order chi connectivity index (χ0) is 22.0. The molecule has 0 saturated carbocycles. The van der Waals surface area contributed by atoms with Crippen molar-refractivity contribution >= 4 is 17.7 Å². The Morgan fingerprint density at radius 1 is 1.10 bits per heavy atom. The molecule has 1 saturated heterocycles. The number of aryl methyl sites for hydroxylation is 1. The SMILES string of the molecule is CCCc1ccc(C2=NO[C@H](C(=O)N3C(=O)OC(C)(C)[C@@H]3Cc3ccccc3)C2)cc1. The van der Waals surface area contributed by atoms with Gasteiger partial charge in [-0.2, -0.15) is 0 Å². The van der Waals surface area contributed by atoms with Gasteiger partial charge in [0, 0.05) is 6.42 Å². The molecule has 0 spiro atoms. The number of hydrogen-bond donors (Lipinski definition) is 0. The van der Waals surface area contributed by atoms with Crippen molar-refractivity contribution < 1.29 is 19.2 Å². The van der Waals surface area contributed by atoms with Crippen molar-refractivity contribution in [1.29, 1.82) is 0 Å². The molecule has 2 aromatic rings. The molecule has 2 atom stereocenters. The molecular weight excluding hydrogens is 392 g/mol. The van der Waals surface area contributed by atoms with Gasteiger partial charge >= 0.3 is 6.09 Å². The molecule has 0 radical (unpaired) electrons. The second-order valence-electron chi connectivity index (χ2n) is 8.67. The van der Waals surface area contributed by atoms with Gasteiger partial charge in [-0.1, -0.05) is 73.1 Å². The smallest absolute Gasteiger partial charge is 0.417 e. The molecular formula is C25H28N2O4. The Balaban J connectivity index is 1.48. The number of oxime groups is 1. The van der Waals surface area contributed by atoms with Gasteiger partial charge in [-0.25, -0.2) is 9.69 Å². The molecule has 0 aliphatic carbocycles. The Kier molecular flexibility index (Phi) is 5.81. The number of amides is 2. The Labute approximate surface area is 182 Å². The summed E-state index contributed by atoms with van der Waals surface area (Å²) in [5.41, 5.74) is 3.16. The summed E-state index contributed by atoms with van der Waals surface area (Å²) in [6.45, 7) is 5.82. The van der Waals surface area contributed by atoms with Crippen molar-refractivity contribution in [3.05, 3.63) is 71.3 Å². The third-order valence-electron chi connectivity index (χ3n) is 5.94. The maximum Gasteiger partial charge on any atom is 0.417 e. The minimum Gasteiger partial charge on any atom is -0.441 e. The molecule has 2 amide bonds. The highest BCUT2D eigenvalue weighted by molar-refractivity contribution is 6.06. The molecule has 1 fully saturated rings. The quantitative estimate of drug-likeness (QED) is 0.690.